The lowest BCUT2D eigenvalue weighted by molar-refractivity contribution is 0.238. The molecule has 7 nitrogen and oxygen atoms in total. The normalized spacial score (nSPS) is 11.5. The fourth-order valence-electron chi connectivity index (χ4n) is 1.71. The van der Waals surface area contributed by atoms with Gasteiger partial charge in [0, 0.05) is 26.2 Å². The first-order valence-corrected chi connectivity index (χ1v) is 8.43. The summed E-state index contributed by atoms with van der Waals surface area (Å²) in [6.45, 7) is 1.60. The minimum absolute atomic E-state index is 0.0317. The van der Waals surface area contributed by atoms with Gasteiger partial charge in [0.1, 0.15) is 5.82 Å². The molecule has 0 radical (unpaired) electrons. The highest BCUT2D eigenvalue weighted by Gasteiger charge is 2.05. The lowest BCUT2D eigenvalue weighted by Gasteiger charge is -2.17. The largest absolute Gasteiger partial charge is 0.337 e. The van der Waals surface area contributed by atoms with Crippen molar-refractivity contribution >= 4 is 16.1 Å². The van der Waals surface area contributed by atoms with Crippen LogP contribution in [-0.4, -0.2) is 51.8 Å². The van der Waals surface area contributed by atoms with Crippen LogP contribution >= 0.6 is 0 Å². The zero-order valence-corrected chi connectivity index (χ0v) is 13.2. The number of carbonyl (C=O) groups excluding carboxylic acids is 1. The fourth-order valence-corrected chi connectivity index (χ4v) is 2.10. The van der Waals surface area contributed by atoms with E-state index in [0.717, 1.165) is 5.56 Å². The Kier molecular flexibility index (Phi) is 7.22. The van der Waals surface area contributed by atoms with Crippen LogP contribution in [0.4, 0.5) is 9.18 Å². The number of rotatable bonds is 8. The summed E-state index contributed by atoms with van der Waals surface area (Å²) in [5, 5.41) is 9.82. The zero-order chi connectivity index (χ0) is 16.6. The summed E-state index contributed by atoms with van der Waals surface area (Å²) >= 11 is 0. The van der Waals surface area contributed by atoms with Crippen LogP contribution < -0.4 is 15.8 Å². The second-order valence-corrected chi connectivity index (χ2v) is 6.65. The van der Waals surface area contributed by atoms with E-state index in [1.807, 2.05) is 11.9 Å². The molecule has 0 heterocycles. The van der Waals surface area contributed by atoms with Crippen LogP contribution in [0.5, 0.6) is 0 Å². The molecular weight excluding hydrogens is 311 g/mol. The Morgan fingerprint density at radius 1 is 1.23 bits per heavy atom. The summed E-state index contributed by atoms with van der Waals surface area (Å²) in [5.41, 5.74) is 0.974. The molecule has 0 aromatic heterocycles. The Balaban J connectivity index is 2.17. The van der Waals surface area contributed by atoms with E-state index in [2.05, 4.69) is 10.6 Å². The van der Waals surface area contributed by atoms with Crippen LogP contribution in [0.1, 0.15) is 5.56 Å². The van der Waals surface area contributed by atoms with Gasteiger partial charge in [0.25, 0.3) is 0 Å². The topological polar surface area (TPSA) is 105 Å². The minimum Gasteiger partial charge on any atom is -0.337 e. The molecule has 0 aliphatic rings. The van der Waals surface area contributed by atoms with Crippen molar-refractivity contribution in [3.63, 3.8) is 0 Å². The second-order valence-electron chi connectivity index (χ2n) is 4.91. The lowest BCUT2D eigenvalue weighted by Crippen LogP contribution is -2.41. The molecule has 1 aromatic carbocycles. The minimum atomic E-state index is -3.57. The van der Waals surface area contributed by atoms with Crippen molar-refractivity contribution < 1.29 is 17.6 Å². The quantitative estimate of drug-likeness (QED) is 0.615. The molecule has 1 rings (SSSR count). The van der Waals surface area contributed by atoms with E-state index in [1.54, 1.807) is 12.1 Å². The van der Waals surface area contributed by atoms with Crippen molar-refractivity contribution in [3.8, 4) is 0 Å². The highest BCUT2D eigenvalue weighted by molar-refractivity contribution is 7.89. The van der Waals surface area contributed by atoms with Crippen LogP contribution in [0.2, 0.25) is 0 Å². The van der Waals surface area contributed by atoms with Gasteiger partial charge in [-0.2, -0.15) is 0 Å². The Hall–Kier alpha value is -1.71. The van der Waals surface area contributed by atoms with Crippen molar-refractivity contribution in [1.82, 2.24) is 15.5 Å². The number of urea groups is 1. The summed E-state index contributed by atoms with van der Waals surface area (Å²) in [6.07, 6.45) is 0. The number of benzene rings is 1. The third-order valence-electron chi connectivity index (χ3n) is 2.82. The van der Waals surface area contributed by atoms with E-state index in [4.69, 9.17) is 5.14 Å². The van der Waals surface area contributed by atoms with E-state index < -0.39 is 16.1 Å². The monoisotopic (exact) mass is 332 g/mol. The highest BCUT2D eigenvalue weighted by Crippen LogP contribution is 2.04. The van der Waals surface area contributed by atoms with E-state index >= 15 is 0 Å². The summed E-state index contributed by atoms with van der Waals surface area (Å²) in [7, 11) is -1.69. The number of primary sulfonamides is 1. The van der Waals surface area contributed by atoms with Crippen LogP contribution in [0.3, 0.4) is 0 Å². The van der Waals surface area contributed by atoms with E-state index in [-0.39, 0.29) is 18.1 Å². The molecule has 0 saturated carbocycles. The molecular formula is C13H21FN4O3S. The third kappa shape index (κ3) is 8.55. The first-order chi connectivity index (χ1) is 10.3. The molecule has 0 bridgehead atoms. The standard InChI is InChI=1S/C13H21FN4O3S/c1-18(10-11-2-4-12(14)5-3-11)8-6-16-13(19)17-7-9-22(15,20)21/h2-5H,6-10H2,1H3,(H2,15,20,21)(H2,16,17,19). The maximum Gasteiger partial charge on any atom is 0.314 e. The first kappa shape index (κ1) is 18.3. The van der Waals surface area contributed by atoms with Crippen molar-refractivity contribution in [2.45, 2.75) is 6.54 Å². The number of hydrogen-bond acceptors (Lipinski definition) is 4. The Bertz CT molecular complexity index is 577. The van der Waals surface area contributed by atoms with Gasteiger partial charge in [-0.15, -0.1) is 0 Å². The van der Waals surface area contributed by atoms with E-state index in [0.29, 0.717) is 19.6 Å². The maximum absolute atomic E-state index is 12.8. The number of nitrogens with one attached hydrogen (secondary N) is 2. The van der Waals surface area contributed by atoms with Crippen molar-refractivity contribution in [1.29, 1.82) is 0 Å². The number of amides is 2. The molecule has 1 aromatic rings. The molecule has 0 spiro atoms. The number of likely N-dealkylation sites (N-methyl/N-ethyl adjacent to an activating group) is 1. The molecule has 0 unspecified atom stereocenters. The van der Waals surface area contributed by atoms with Crippen LogP contribution in [0, 0.1) is 5.82 Å². The number of nitrogens with zero attached hydrogens (tertiary/aromatic N) is 1. The molecule has 0 aliphatic carbocycles. The Morgan fingerprint density at radius 2 is 1.82 bits per heavy atom. The van der Waals surface area contributed by atoms with Crippen LogP contribution in [-0.2, 0) is 16.6 Å². The van der Waals surface area contributed by atoms with Gasteiger partial charge in [0.05, 0.1) is 5.75 Å². The fraction of sp³-hybridized carbons (Fsp3) is 0.462. The number of hydrogen-bond donors (Lipinski definition) is 3. The predicted octanol–water partition coefficient (Wildman–Crippen LogP) is -0.155. The van der Waals surface area contributed by atoms with E-state index in [1.165, 1.54) is 12.1 Å². The molecule has 0 atom stereocenters. The summed E-state index contributed by atoms with van der Waals surface area (Å²) in [4.78, 5) is 13.4. The first-order valence-electron chi connectivity index (χ1n) is 6.71. The number of sulfonamides is 1. The van der Waals surface area contributed by atoms with E-state index in [9.17, 15) is 17.6 Å². The number of carbonyl (C=O) groups is 1. The molecule has 0 fully saturated rings. The van der Waals surface area contributed by atoms with Gasteiger partial charge >= 0.3 is 6.03 Å². The molecule has 9 heteroatoms. The van der Waals surface area contributed by atoms with Crippen molar-refractivity contribution in [2.24, 2.45) is 5.14 Å². The average Bonchev–Trinajstić information content (AvgIpc) is 2.40. The Labute approximate surface area is 129 Å². The van der Waals surface area contributed by atoms with Gasteiger partial charge in [0.15, 0.2) is 0 Å². The third-order valence-corrected chi connectivity index (χ3v) is 3.59. The van der Waals surface area contributed by atoms with Crippen molar-refractivity contribution in [2.75, 3.05) is 32.4 Å². The molecule has 0 aliphatic heterocycles. The number of nitrogens with two attached hydrogens (primary N) is 1. The molecule has 22 heavy (non-hydrogen) atoms. The van der Waals surface area contributed by atoms with Crippen LogP contribution in [0.15, 0.2) is 24.3 Å². The summed E-state index contributed by atoms with van der Waals surface area (Å²) in [5.74, 6) is -0.575. The summed E-state index contributed by atoms with van der Waals surface area (Å²) < 4.78 is 34.2. The molecule has 0 saturated heterocycles. The predicted molar refractivity (Wildman–Crippen MR) is 82.1 cm³/mol. The van der Waals surface area contributed by atoms with Gasteiger partial charge in [-0.05, 0) is 24.7 Å². The molecule has 4 N–H and O–H groups in total. The highest BCUT2D eigenvalue weighted by atomic mass is 32.2. The van der Waals surface area contributed by atoms with Gasteiger partial charge < -0.3 is 15.5 Å². The van der Waals surface area contributed by atoms with Crippen molar-refractivity contribution in [3.05, 3.63) is 35.6 Å². The van der Waals surface area contributed by atoms with Gasteiger partial charge in [-0.25, -0.2) is 22.7 Å². The Morgan fingerprint density at radius 3 is 2.41 bits per heavy atom. The van der Waals surface area contributed by atoms with Crippen LogP contribution in [0.25, 0.3) is 0 Å². The SMILES string of the molecule is CN(CCNC(=O)NCCS(N)(=O)=O)Cc1ccc(F)cc1. The maximum atomic E-state index is 12.8. The van der Waals surface area contributed by atoms with Gasteiger partial charge in [-0.1, -0.05) is 12.1 Å². The lowest BCUT2D eigenvalue weighted by atomic mass is 10.2. The molecule has 2 amide bonds. The van der Waals surface area contributed by atoms with Gasteiger partial charge in [-0.3, -0.25) is 0 Å². The number of halogens is 1. The second kappa shape index (κ2) is 8.66. The zero-order valence-electron chi connectivity index (χ0n) is 12.4. The smallest absolute Gasteiger partial charge is 0.314 e. The summed E-state index contributed by atoms with van der Waals surface area (Å²) in [6, 6.07) is 5.78. The molecule has 124 valence electrons. The van der Waals surface area contributed by atoms with Gasteiger partial charge in [0.2, 0.25) is 10.0 Å². The average molecular weight is 332 g/mol.